The van der Waals surface area contributed by atoms with Gasteiger partial charge >= 0.3 is 0 Å². The number of nitro benzene ring substituents is 1. The van der Waals surface area contributed by atoms with Gasteiger partial charge in [0.25, 0.3) is 5.69 Å². The van der Waals surface area contributed by atoms with Crippen LogP contribution in [-0.4, -0.2) is 54.9 Å². The quantitative estimate of drug-likeness (QED) is 0.328. The number of amides is 2. The monoisotopic (exact) mass is 532 g/mol. The predicted octanol–water partition coefficient (Wildman–Crippen LogP) is 3.70. The van der Waals surface area contributed by atoms with E-state index in [-0.39, 0.29) is 29.9 Å². The van der Waals surface area contributed by atoms with Crippen LogP contribution in [0.5, 0.6) is 0 Å². The Morgan fingerprint density at radius 2 is 1.70 bits per heavy atom. The van der Waals surface area contributed by atoms with E-state index in [1.165, 1.54) is 17.0 Å². The van der Waals surface area contributed by atoms with Gasteiger partial charge in [-0.15, -0.1) is 0 Å². The van der Waals surface area contributed by atoms with Crippen LogP contribution < -0.4 is 9.62 Å². The van der Waals surface area contributed by atoms with E-state index in [4.69, 9.17) is 0 Å². The molecule has 0 aliphatic rings. The first kappa shape index (κ1) is 29.8. The van der Waals surface area contributed by atoms with Crippen LogP contribution in [0.1, 0.15) is 50.3 Å². The number of hydrogen-bond acceptors (Lipinski definition) is 6. The molecule has 0 heterocycles. The largest absolute Gasteiger partial charge is 0.352 e. The summed E-state index contributed by atoms with van der Waals surface area (Å²) in [5.41, 5.74) is 1.95. The first-order valence-corrected chi connectivity index (χ1v) is 14.0. The van der Waals surface area contributed by atoms with Crippen LogP contribution in [0.25, 0.3) is 0 Å². The number of benzene rings is 2. The minimum Gasteiger partial charge on any atom is -0.352 e. The molecule has 0 aromatic heterocycles. The molecule has 2 atom stereocenters. The van der Waals surface area contributed by atoms with Crippen molar-refractivity contribution in [3.8, 4) is 0 Å². The molecule has 202 valence electrons. The molecule has 2 aromatic rings. The third kappa shape index (κ3) is 7.75. The smallest absolute Gasteiger partial charge is 0.271 e. The maximum absolute atomic E-state index is 13.8. The zero-order chi connectivity index (χ0) is 27.9. The highest BCUT2D eigenvalue weighted by atomic mass is 32.2. The lowest BCUT2D eigenvalue weighted by atomic mass is 10.1. The molecule has 10 nitrogen and oxygen atoms in total. The van der Waals surface area contributed by atoms with Gasteiger partial charge in [0.2, 0.25) is 21.8 Å². The molecule has 2 rings (SSSR count). The van der Waals surface area contributed by atoms with Gasteiger partial charge in [0.15, 0.2) is 0 Å². The number of carbonyl (C=O) groups excluding carboxylic acids is 2. The number of hydrogen-bond donors (Lipinski definition) is 1. The van der Waals surface area contributed by atoms with Crippen molar-refractivity contribution in [2.45, 2.75) is 66.1 Å². The molecule has 0 bridgehead atoms. The molecular weight excluding hydrogens is 496 g/mol. The third-order valence-electron chi connectivity index (χ3n) is 6.34. The van der Waals surface area contributed by atoms with Crippen LogP contribution in [0.2, 0.25) is 0 Å². The second kappa shape index (κ2) is 12.7. The van der Waals surface area contributed by atoms with Crippen molar-refractivity contribution in [2.75, 3.05) is 17.1 Å². The number of nitrogens with one attached hydrogen (secondary N) is 1. The summed E-state index contributed by atoms with van der Waals surface area (Å²) in [6.07, 6.45) is 1.97. The van der Waals surface area contributed by atoms with Gasteiger partial charge in [0.1, 0.15) is 12.6 Å². The van der Waals surface area contributed by atoms with E-state index < -0.39 is 33.4 Å². The van der Waals surface area contributed by atoms with E-state index in [1.54, 1.807) is 13.8 Å². The van der Waals surface area contributed by atoms with Crippen molar-refractivity contribution in [1.29, 1.82) is 0 Å². The SMILES string of the molecule is CCC(C)NC(=O)C(CC)N(Cc1ccccc1C)C(=O)CN(c1cc([N+](=O)[O-])ccc1C)S(C)(=O)=O. The van der Waals surface area contributed by atoms with Crippen molar-refractivity contribution in [3.63, 3.8) is 0 Å². The molecule has 37 heavy (non-hydrogen) atoms. The number of aryl methyl sites for hydroxylation is 2. The summed E-state index contributed by atoms with van der Waals surface area (Å²) in [6.45, 7) is 8.60. The van der Waals surface area contributed by atoms with E-state index in [0.717, 1.165) is 27.8 Å². The number of nitrogens with zero attached hydrogens (tertiary/aromatic N) is 3. The van der Waals surface area contributed by atoms with E-state index in [0.29, 0.717) is 18.4 Å². The van der Waals surface area contributed by atoms with Gasteiger partial charge in [-0.2, -0.15) is 0 Å². The number of carbonyl (C=O) groups is 2. The van der Waals surface area contributed by atoms with Crippen molar-refractivity contribution in [2.24, 2.45) is 0 Å². The molecule has 0 spiro atoms. The number of non-ortho nitro benzene ring substituents is 1. The average molecular weight is 533 g/mol. The molecular formula is C26H36N4O6S. The fourth-order valence-corrected chi connectivity index (χ4v) is 4.81. The molecule has 0 saturated carbocycles. The van der Waals surface area contributed by atoms with E-state index in [9.17, 15) is 28.1 Å². The van der Waals surface area contributed by atoms with Gasteiger partial charge in [-0.05, 0) is 50.3 Å². The first-order valence-electron chi connectivity index (χ1n) is 12.2. The Morgan fingerprint density at radius 3 is 2.24 bits per heavy atom. The molecule has 11 heteroatoms. The number of rotatable bonds is 12. The fraction of sp³-hybridized carbons (Fsp3) is 0.462. The molecule has 0 saturated heterocycles. The van der Waals surface area contributed by atoms with Crippen molar-refractivity contribution < 1.29 is 22.9 Å². The minimum atomic E-state index is -4.01. The summed E-state index contributed by atoms with van der Waals surface area (Å²) in [5, 5.41) is 14.3. The van der Waals surface area contributed by atoms with Gasteiger partial charge in [-0.3, -0.25) is 24.0 Å². The van der Waals surface area contributed by atoms with Gasteiger partial charge in [0, 0.05) is 24.7 Å². The number of anilines is 1. The van der Waals surface area contributed by atoms with Crippen LogP contribution in [-0.2, 0) is 26.2 Å². The van der Waals surface area contributed by atoms with E-state index >= 15 is 0 Å². The number of nitro groups is 1. The van der Waals surface area contributed by atoms with Gasteiger partial charge in [0.05, 0.1) is 16.9 Å². The molecule has 1 N–H and O–H groups in total. The summed E-state index contributed by atoms with van der Waals surface area (Å²) >= 11 is 0. The van der Waals surface area contributed by atoms with Crippen molar-refractivity contribution in [1.82, 2.24) is 10.2 Å². The molecule has 2 amide bonds. The third-order valence-corrected chi connectivity index (χ3v) is 7.47. The summed E-state index contributed by atoms with van der Waals surface area (Å²) in [5.74, 6) is -0.915. The Labute approximate surface area is 218 Å². The Hall–Kier alpha value is -3.47. The first-order chi connectivity index (χ1) is 17.3. The standard InChI is InChI=1S/C26H36N4O6S/c1-7-20(5)27-26(32)23(8-2)28(16-21-12-10-9-11-18(21)3)25(31)17-29(37(6,35)36)24-15-22(30(33)34)14-13-19(24)4/h9-15,20,23H,7-8,16-17H2,1-6H3,(H,27,32). The molecule has 2 unspecified atom stereocenters. The summed E-state index contributed by atoms with van der Waals surface area (Å²) in [4.78, 5) is 39.1. The normalized spacial score (nSPS) is 12.9. The highest BCUT2D eigenvalue weighted by molar-refractivity contribution is 7.92. The highest BCUT2D eigenvalue weighted by Gasteiger charge is 2.33. The van der Waals surface area contributed by atoms with Crippen LogP contribution in [0.15, 0.2) is 42.5 Å². The van der Waals surface area contributed by atoms with Crippen LogP contribution in [0.3, 0.4) is 0 Å². The zero-order valence-electron chi connectivity index (χ0n) is 22.2. The Balaban J connectivity index is 2.54. The second-order valence-corrected chi connectivity index (χ2v) is 11.1. The predicted molar refractivity (Wildman–Crippen MR) is 144 cm³/mol. The summed E-state index contributed by atoms with van der Waals surface area (Å²) in [6, 6.07) is 10.4. The Bertz CT molecular complexity index is 1250. The molecule has 0 fully saturated rings. The lowest BCUT2D eigenvalue weighted by Gasteiger charge is -2.34. The molecule has 0 radical (unpaired) electrons. The van der Waals surface area contributed by atoms with Crippen molar-refractivity contribution >= 4 is 33.2 Å². The molecule has 2 aromatic carbocycles. The maximum atomic E-state index is 13.8. The minimum absolute atomic E-state index is 0.0398. The van der Waals surface area contributed by atoms with Crippen LogP contribution in [0.4, 0.5) is 11.4 Å². The lowest BCUT2D eigenvalue weighted by Crippen LogP contribution is -2.53. The molecule has 0 aliphatic carbocycles. The van der Waals surface area contributed by atoms with Gasteiger partial charge < -0.3 is 10.2 Å². The summed E-state index contributed by atoms with van der Waals surface area (Å²) < 4.78 is 26.5. The van der Waals surface area contributed by atoms with Gasteiger partial charge in [-0.1, -0.05) is 44.2 Å². The highest BCUT2D eigenvalue weighted by Crippen LogP contribution is 2.28. The van der Waals surface area contributed by atoms with Crippen LogP contribution >= 0.6 is 0 Å². The van der Waals surface area contributed by atoms with Gasteiger partial charge in [-0.25, -0.2) is 8.42 Å². The Kier molecular flexibility index (Phi) is 10.2. The summed E-state index contributed by atoms with van der Waals surface area (Å²) in [7, 11) is -4.01. The maximum Gasteiger partial charge on any atom is 0.271 e. The average Bonchev–Trinajstić information content (AvgIpc) is 2.82. The van der Waals surface area contributed by atoms with Crippen molar-refractivity contribution in [3.05, 3.63) is 69.3 Å². The second-order valence-electron chi connectivity index (χ2n) is 9.19. The lowest BCUT2D eigenvalue weighted by molar-refractivity contribution is -0.384. The van der Waals surface area contributed by atoms with E-state index in [2.05, 4.69) is 5.32 Å². The number of sulfonamides is 1. The van der Waals surface area contributed by atoms with E-state index in [1.807, 2.05) is 45.0 Å². The Morgan fingerprint density at radius 1 is 1.05 bits per heavy atom. The zero-order valence-corrected chi connectivity index (χ0v) is 23.0. The van der Waals surface area contributed by atoms with Crippen LogP contribution in [0, 0.1) is 24.0 Å². The fourth-order valence-electron chi connectivity index (χ4n) is 3.91. The topological polar surface area (TPSA) is 130 Å². The molecule has 0 aliphatic heterocycles.